The topological polar surface area (TPSA) is 77.4 Å². The summed E-state index contributed by atoms with van der Waals surface area (Å²) in [6.45, 7) is 10.2. The van der Waals surface area contributed by atoms with Gasteiger partial charge in [0.2, 0.25) is 0 Å². The molecule has 7 nitrogen and oxygen atoms in total. The van der Waals surface area contributed by atoms with Gasteiger partial charge in [-0.2, -0.15) is 0 Å². The Morgan fingerprint density at radius 2 is 1.90 bits per heavy atom. The quantitative estimate of drug-likeness (QED) is 0.792. The molecule has 1 rings (SSSR count). The van der Waals surface area contributed by atoms with Gasteiger partial charge in [0.25, 0.3) is 5.72 Å². The van der Waals surface area contributed by atoms with Crippen LogP contribution in [0.2, 0.25) is 0 Å². The number of hydrazone groups is 1. The Morgan fingerprint density at radius 3 is 2.35 bits per heavy atom. The standard InChI is InChI=1S/C13H22N2O5/c1-7-10(16)13(6)15(12(17)19-9(4)5)14-11(20-13)18-8(2)3/h8-9H,7H2,1-6H3. The van der Waals surface area contributed by atoms with Crippen molar-refractivity contribution < 1.29 is 23.8 Å². The number of Topliss-reactive ketones (excluding diaryl/α,β-unsaturated/α-hetero) is 1. The van der Waals surface area contributed by atoms with E-state index < -0.39 is 11.8 Å². The van der Waals surface area contributed by atoms with Crippen LogP contribution in [0.5, 0.6) is 0 Å². The van der Waals surface area contributed by atoms with Crippen molar-refractivity contribution in [3.05, 3.63) is 0 Å². The average molecular weight is 286 g/mol. The van der Waals surface area contributed by atoms with Gasteiger partial charge in [-0.25, -0.2) is 4.79 Å². The highest BCUT2D eigenvalue weighted by atomic mass is 16.7. The molecule has 114 valence electrons. The predicted octanol–water partition coefficient (Wildman–Crippen LogP) is 2.25. The van der Waals surface area contributed by atoms with Crippen LogP contribution in [0.25, 0.3) is 0 Å². The molecule has 0 aromatic heterocycles. The fourth-order valence-corrected chi connectivity index (χ4v) is 1.63. The van der Waals surface area contributed by atoms with Crippen molar-refractivity contribution in [2.24, 2.45) is 5.10 Å². The number of nitrogens with zero attached hydrogens (tertiary/aromatic N) is 2. The Balaban J connectivity index is 3.00. The van der Waals surface area contributed by atoms with Crippen LogP contribution in [0, 0.1) is 0 Å². The van der Waals surface area contributed by atoms with E-state index in [0.717, 1.165) is 5.01 Å². The molecule has 1 aliphatic rings. The molecule has 0 radical (unpaired) electrons. The van der Waals surface area contributed by atoms with Crippen LogP contribution in [-0.2, 0) is 19.0 Å². The monoisotopic (exact) mass is 286 g/mol. The van der Waals surface area contributed by atoms with Crippen molar-refractivity contribution in [3.8, 4) is 0 Å². The summed E-state index contributed by atoms with van der Waals surface area (Å²) in [4.78, 5) is 24.1. The lowest BCUT2D eigenvalue weighted by atomic mass is 10.1. The van der Waals surface area contributed by atoms with Crippen LogP contribution in [0.1, 0.15) is 48.0 Å². The van der Waals surface area contributed by atoms with Gasteiger partial charge in [-0.15, -0.1) is 5.01 Å². The van der Waals surface area contributed by atoms with Crippen molar-refractivity contribution in [1.29, 1.82) is 0 Å². The molecule has 7 heteroatoms. The predicted molar refractivity (Wildman–Crippen MR) is 71.9 cm³/mol. The Kier molecular flexibility index (Phi) is 4.97. The first kappa shape index (κ1) is 16.3. The van der Waals surface area contributed by atoms with Crippen molar-refractivity contribution in [3.63, 3.8) is 0 Å². The molecule has 0 spiro atoms. The highest BCUT2D eigenvalue weighted by Crippen LogP contribution is 2.28. The zero-order chi connectivity index (χ0) is 15.5. The lowest BCUT2D eigenvalue weighted by Crippen LogP contribution is -2.51. The number of hydrogen-bond donors (Lipinski definition) is 0. The molecular weight excluding hydrogens is 264 g/mol. The summed E-state index contributed by atoms with van der Waals surface area (Å²) in [6.07, 6.45) is -1.16. The fraction of sp³-hybridized carbons (Fsp3) is 0.769. The van der Waals surface area contributed by atoms with E-state index in [1.54, 1.807) is 34.6 Å². The van der Waals surface area contributed by atoms with Gasteiger partial charge in [0, 0.05) is 13.3 Å². The molecule has 1 atom stereocenters. The highest BCUT2D eigenvalue weighted by molar-refractivity contribution is 5.93. The summed E-state index contributed by atoms with van der Waals surface area (Å²) in [6, 6.07) is 0. The molecule has 0 saturated carbocycles. The van der Waals surface area contributed by atoms with E-state index in [1.807, 2.05) is 0 Å². The minimum absolute atomic E-state index is 0.106. The van der Waals surface area contributed by atoms with E-state index in [9.17, 15) is 9.59 Å². The number of hydrogen-bond acceptors (Lipinski definition) is 6. The Labute approximate surface area is 118 Å². The SMILES string of the molecule is CCC(=O)C1(C)OC(OC(C)C)=NN1C(=O)OC(C)C. The molecule has 1 unspecified atom stereocenters. The highest BCUT2D eigenvalue weighted by Gasteiger charge is 2.51. The van der Waals surface area contributed by atoms with E-state index in [-0.39, 0.29) is 30.5 Å². The minimum Gasteiger partial charge on any atom is -0.447 e. The molecular formula is C13H22N2O5. The summed E-state index contributed by atoms with van der Waals surface area (Å²) >= 11 is 0. The van der Waals surface area contributed by atoms with Crippen LogP contribution in [0.3, 0.4) is 0 Å². The van der Waals surface area contributed by atoms with Gasteiger partial charge in [-0.1, -0.05) is 12.0 Å². The number of ether oxygens (including phenoxy) is 3. The summed E-state index contributed by atoms with van der Waals surface area (Å²) in [5.41, 5.74) is -1.52. The largest absolute Gasteiger partial charge is 0.447 e. The molecule has 20 heavy (non-hydrogen) atoms. The van der Waals surface area contributed by atoms with Crippen molar-refractivity contribution in [2.75, 3.05) is 0 Å². The average Bonchev–Trinajstić information content (AvgIpc) is 2.64. The second kappa shape index (κ2) is 6.11. The van der Waals surface area contributed by atoms with Crippen LogP contribution < -0.4 is 0 Å². The third kappa shape index (κ3) is 3.40. The number of rotatable bonds is 4. The van der Waals surface area contributed by atoms with E-state index in [0.29, 0.717) is 0 Å². The van der Waals surface area contributed by atoms with Gasteiger partial charge < -0.3 is 14.2 Å². The van der Waals surface area contributed by atoms with Crippen molar-refractivity contribution in [1.82, 2.24) is 5.01 Å². The molecule has 1 amide bonds. The van der Waals surface area contributed by atoms with Crippen LogP contribution in [-0.4, -0.2) is 40.9 Å². The zero-order valence-electron chi connectivity index (χ0n) is 12.8. The zero-order valence-corrected chi connectivity index (χ0v) is 12.8. The maximum Gasteiger partial charge on any atom is 0.434 e. The third-order valence-electron chi connectivity index (χ3n) is 2.56. The maximum absolute atomic E-state index is 12.1. The Morgan fingerprint density at radius 1 is 1.30 bits per heavy atom. The van der Waals surface area contributed by atoms with E-state index in [1.165, 1.54) is 6.92 Å². The summed E-state index contributed by atoms with van der Waals surface area (Å²) in [5, 5.41) is 4.81. The van der Waals surface area contributed by atoms with Gasteiger partial charge in [-0.3, -0.25) is 4.79 Å². The normalized spacial score (nSPS) is 21.8. The fourth-order valence-electron chi connectivity index (χ4n) is 1.63. The first-order chi connectivity index (χ1) is 9.20. The molecule has 0 aromatic rings. The number of carbonyl (C=O) groups is 2. The van der Waals surface area contributed by atoms with Gasteiger partial charge in [-0.05, 0) is 27.7 Å². The maximum atomic E-state index is 12.1. The van der Waals surface area contributed by atoms with Crippen molar-refractivity contribution >= 4 is 18.0 Å². The summed E-state index contributed by atoms with van der Waals surface area (Å²) in [7, 11) is 0. The molecule has 1 heterocycles. The molecule has 1 aliphatic heterocycles. The number of carbonyl (C=O) groups excluding carboxylic acids is 2. The van der Waals surface area contributed by atoms with Crippen LogP contribution in [0.4, 0.5) is 4.79 Å². The third-order valence-corrected chi connectivity index (χ3v) is 2.56. The lowest BCUT2D eigenvalue weighted by Gasteiger charge is -2.28. The summed E-state index contributed by atoms with van der Waals surface area (Å²) in [5.74, 6) is -0.288. The Hall–Kier alpha value is -1.79. The number of amides is 1. The summed E-state index contributed by atoms with van der Waals surface area (Å²) < 4.78 is 15.8. The molecule has 0 fully saturated rings. The minimum atomic E-state index is -1.52. The molecule has 0 N–H and O–H groups in total. The van der Waals surface area contributed by atoms with Gasteiger partial charge in [0.15, 0.2) is 5.78 Å². The van der Waals surface area contributed by atoms with Gasteiger partial charge in [0.1, 0.15) is 0 Å². The van der Waals surface area contributed by atoms with Crippen LogP contribution in [0.15, 0.2) is 5.10 Å². The second-order valence-corrected chi connectivity index (χ2v) is 5.14. The molecule has 0 aromatic carbocycles. The first-order valence-corrected chi connectivity index (χ1v) is 6.69. The van der Waals surface area contributed by atoms with Gasteiger partial charge >= 0.3 is 12.2 Å². The van der Waals surface area contributed by atoms with Crippen LogP contribution >= 0.6 is 0 Å². The second-order valence-electron chi connectivity index (χ2n) is 5.14. The number of ketones is 1. The molecule has 0 bridgehead atoms. The van der Waals surface area contributed by atoms with E-state index in [4.69, 9.17) is 14.2 Å². The molecule has 0 saturated heterocycles. The molecule has 0 aliphatic carbocycles. The van der Waals surface area contributed by atoms with Crippen molar-refractivity contribution in [2.45, 2.75) is 65.9 Å². The lowest BCUT2D eigenvalue weighted by molar-refractivity contribution is -0.147. The Bertz CT molecular complexity index is 419. The first-order valence-electron chi connectivity index (χ1n) is 6.69. The van der Waals surface area contributed by atoms with Gasteiger partial charge in [0.05, 0.1) is 12.2 Å². The van der Waals surface area contributed by atoms with E-state index in [2.05, 4.69) is 5.10 Å². The van der Waals surface area contributed by atoms with E-state index >= 15 is 0 Å². The smallest absolute Gasteiger partial charge is 0.434 e.